The number of hydrogen-bond donors (Lipinski definition) is 0. The molecule has 7 nitrogen and oxygen atoms in total. The topological polar surface area (TPSA) is 76.2 Å². The van der Waals surface area contributed by atoms with Crippen LogP contribution in [-0.2, 0) is 19.1 Å². The van der Waals surface area contributed by atoms with Crippen LogP contribution in [0.1, 0.15) is 13.8 Å². The molecule has 0 unspecified atom stereocenters. The van der Waals surface area contributed by atoms with E-state index >= 15 is 0 Å². The van der Waals surface area contributed by atoms with Gasteiger partial charge in [-0.2, -0.15) is 0 Å². The van der Waals surface area contributed by atoms with Gasteiger partial charge in [-0.25, -0.2) is 14.4 Å². The highest BCUT2D eigenvalue weighted by atomic mass is 16.5. The molecule has 1 aliphatic heterocycles. The maximum Gasteiger partial charge on any atom is 0.333 e. The minimum absolute atomic E-state index is 0.135. The van der Waals surface area contributed by atoms with Gasteiger partial charge in [-0.3, -0.25) is 0 Å². The van der Waals surface area contributed by atoms with Crippen molar-refractivity contribution in [2.24, 2.45) is 0 Å². The Morgan fingerprint density at radius 2 is 1.32 bits per heavy atom. The summed E-state index contributed by atoms with van der Waals surface area (Å²) >= 11 is 0. The zero-order valence-corrected chi connectivity index (χ0v) is 13.1. The second-order valence-electron chi connectivity index (χ2n) is 5.09. The van der Waals surface area contributed by atoms with Crippen LogP contribution in [0, 0.1) is 0 Å². The van der Waals surface area contributed by atoms with Crippen LogP contribution >= 0.6 is 0 Å². The summed E-state index contributed by atoms with van der Waals surface area (Å²) in [6, 6.07) is -0.155. The van der Waals surface area contributed by atoms with Gasteiger partial charge in [-0.15, -0.1) is 0 Å². The van der Waals surface area contributed by atoms with E-state index in [1.807, 2.05) is 0 Å². The van der Waals surface area contributed by atoms with E-state index in [0.717, 1.165) is 0 Å². The summed E-state index contributed by atoms with van der Waals surface area (Å²) in [5.74, 6) is -0.926. The van der Waals surface area contributed by atoms with Gasteiger partial charge in [0.25, 0.3) is 0 Å². The number of urea groups is 1. The number of ether oxygens (including phenoxy) is 2. The van der Waals surface area contributed by atoms with Crippen molar-refractivity contribution in [1.82, 2.24) is 9.80 Å². The zero-order chi connectivity index (χ0) is 16.7. The maximum atomic E-state index is 12.1. The van der Waals surface area contributed by atoms with E-state index in [0.29, 0.717) is 37.3 Å². The zero-order valence-electron chi connectivity index (χ0n) is 13.1. The second kappa shape index (κ2) is 8.21. The average molecular weight is 310 g/mol. The molecule has 7 heteroatoms. The van der Waals surface area contributed by atoms with Crippen molar-refractivity contribution in [2.45, 2.75) is 13.8 Å². The van der Waals surface area contributed by atoms with Crippen molar-refractivity contribution in [3.63, 3.8) is 0 Å². The lowest BCUT2D eigenvalue weighted by Gasteiger charge is -2.18. The first kappa shape index (κ1) is 17.7. The largest absolute Gasteiger partial charge is 0.460 e. The lowest BCUT2D eigenvalue weighted by atomic mass is 10.4. The molecule has 0 atom stereocenters. The Morgan fingerprint density at radius 1 is 0.955 bits per heavy atom. The summed E-state index contributed by atoms with van der Waals surface area (Å²) in [5.41, 5.74) is 0.655. The SMILES string of the molecule is C=C(C)C(=O)OCCN1CCN(CCOC(=O)C(=C)C)C1=O. The Kier molecular flexibility index (Phi) is 6.62. The number of rotatable bonds is 8. The van der Waals surface area contributed by atoms with Crippen LogP contribution in [0.2, 0.25) is 0 Å². The molecule has 2 amide bonds. The normalized spacial score (nSPS) is 14.0. The Labute approximate surface area is 130 Å². The predicted molar refractivity (Wildman–Crippen MR) is 80.1 cm³/mol. The Balaban J connectivity index is 2.27. The third kappa shape index (κ3) is 5.23. The fourth-order valence-corrected chi connectivity index (χ4v) is 1.79. The molecule has 0 aliphatic carbocycles. The lowest BCUT2D eigenvalue weighted by molar-refractivity contribution is -0.139. The number of esters is 2. The third-order valence-corrected chi connectivity index (χ3v) is 3.07. The van der Waals surface area contributed by atoms with E-state index in [2.05, 4.69) is 13.2 Å². The molecule has 0 aromatic heterocycles. The van der Waals surface area contributed by atoms with Crippen LogP contribution in [0.3, 0.4) is 0 Å². The molecule has 0 bridgehead atoms. The number of carbonyl (C=O) groups excluding carboxylic acids is 3. The molecule has 1 heterocycles. The molecule has 1 aliphatic rings. The van der Waals surface area contributed by atoms with Gasteiger partial charge >= 0.3 is 18.0 Å². The highest BCUT2D eigenvalue weighted by Gasteiger charge is 2.28. The molecular weight excluding hydrogens is 288 g/mol. The first-order valence-electron chi connectivity index (χ1n) is 7.02. The van der Waals surface area contributed by atoms with E-state index in [4.69, 9.17) is 9.47 Å². The smallest absolute Gasteiger partial charge is 0.333 e. The Hall–Kier alpha value is -2.31. The quantitative estimate of drug-likeness (QED) is 0.493. The van der Waals surface area contributed by atoms with Gasteiger partial charge < -0.3 is 19.3 Å². The summed E-state index contributed by atoms with van der Waals surface area (Å²) in [7, 11) is 0. The van der Waals surface area contributed by atoms with Crippen molar-refractivity contribution in [3.05, 3.63) is 24.3 Å². The molecular formula is C15H22N2O5. The minimum Gasteiger partial charge on any atom is -0.460 e. The van der Waals surface area contributed by atoms with E-state index in [1.54, 1.807) is 23.6 Å². The molecule has 0 aromatic rings. The van der Waals surface area contributed by atoms with Gasteiger partial charge in [-0.05, 0) is 13.8 Å². The molecule has 0 radical (unpaired) electrons. The molecule has 0 saturated carbocycles. The third-order valence-electron chi connectivity index (χ3n) is 3.07. The van der Waals surface area contributed by atoms with Crippen molar-refractivity contribution >= 4 is 18.0 Å². The highest BCUT2D eigenvalue weighted by molar-refractivity contribution is 5.87. The monoisotopic (exact) mass is 310 g/mol. The summed E-state index contributed by atoms with van der Waals surface area (Å²) in [5, 5.41) is 0. The highest BCUT2D eigenvalue weighted by Crippen LogP contribution is 2.08. The van der Waals surface area contributed by atoms with Gasteiger partial charge in [-0.1, -0.05) is 13.2 Å². The van der Waals surface area contributed by atoms with Crippen LogP contribution in [0.15, 0.2) is 24.3 Å². The van der Waals surface area contributed by atoms with E-state index in [9.17, 15) is 14.4 Å². The Bertz CT molecular complexity index is 444. The number of amides is 2. The molecule has 22 heavy (non-hydrogen) atoms. The van der Waals surface area contributed by atoms with Crippen LogP contribution in [0.5, 0.6) is 0 Å². The van der Waals surface area contributed by atoms with Gasteiger partial charge in [0.1, 0.15) is 13.2 Å². The predicted octanol–water partition coefficient (Wildman–Crippen LogP) is 0.963. The van der Waals surface area contributed by atoms with Crippen LogP contribution in [-0.4, -0.2) is 67.2 Å². The molecule has 1 fully saturated rings. The van der Waals surface area contributed by atoms with Crippen LogP contribution in [0.25, 0.3) is 0 Å². The standard InChI is InChI=1S/C15H22N2O5/c1-11(2)13(18)21-9-7-16-5-6-17(15(16)20)8-10-22-14(19)12(3)4/h1,3,5-10H2,2,4H3. The van der Waals surface area contributed by atoms with E-state index in [-0.39, 0.29) is 19.2 Å². The second-order valence-corrected chi connectivity index (χ2v) is 5.09. The summed E-state index contributed by atoms with van der Waals surface area (Å²) in [4.78, 5) is 37.7. The summed E-state index contributed by atoms with van der Waals surface area (Å²) < 4.78 is 9.92. The van der Waals surface area contributed by atoms with Crippen molar-refractivity contribution in [3.8, 4) is 0 Å². The molecule has 0 N–H and O–H groups in total. The van der Waals surface area contributed by atoms with E-state index in [1.165, 1.54) is 0 Å². The lowest BCUT2D eigenvalue weighted by Crippen LogP contribution is -2.36. The van der Waals surface area contributed by atoms with Crippen LogP contribution in [0.4, 0.5) is 4.79 Å². The van der Waals surface area contributed by atoms with Gasteiger partial charge in [0.2, 0.25) is 0 Å². The van der Waals surface area contributed by atoms with Gasteiger partial charge in [0, 0.05) is 24.2 Å². The molecule has 1 saturated heterocycles. The van der Waals surface area contributed by atoms with Gasteiger partial charge in [0.15, 0.2) is 0 Å². The first-order chi connectivity index (χ1) is 10.3. The molecule has 1 rings (SSSR count). The van der Waals surface area contributed by atoms with Crippen molar-refractivity contribution < 1.29 is 23.9 Å². The first-order valence-corrected chi connectivity index (χ1v) is 7.02. The molecule has 0 aromatic carbocycles. The molecule has 0 spiro atoms. The van der Waals surface area contributed by atoms with Gasteiger partial charge in [0.05, 0.1) is 13.1 Å². The Morgan fingerprint density at radius 3 is 1.64 bits per heavy atom. The molecule has 122 valence electrons. The van der Waals surface area contributed by atoms with Crippen LogP contribution < -0.4 is 0 Å². The van der Waals surface area contributed by atoms with Crippen molar-refractivity contribution in [2.75, 3.05) is 39.4 Å². The summed E-state index contributed by atoms with van der Waals surface area (Å²) in [6.45, 7) is 12.1. The van der Waals surface area contributed by atoms with E-state index < -0.39 is 11.9 Å². The number of hydrogen-bond acceptors (Lipinski definition) is 5. The maximum absolute atomic E-state index is 12.1. The average Bonchev–Trinajstić information content (AvgIpc) is 2.79. The fraction of sp³-hybridized carbons (Fsp3) is 0.533. The number of nitrogens with zero attached hydrogens (tertiary/aromatic N) is 2. The van der Waals surface area contributed by atoms with Crippen molar-refractivity contribution in [1.29, 1.82) is 0 Å². The summed E-state index contributed by atoms with van der Waals surface area (Å²) in [6.07, 6.45) is 0. The minimum atomic E-state index is -0.463. The number of carbonyl (C=O) groups is 3. The fourth-order valence-electron chi connectivity index (χ4n) is 1.79.